The minimum atomic E-state index is -0.536. The predicted molar refractivity (Wildman–Crippen MR) is 89.6 cm³/mol. The molecular weight excluding hydrogens is 332 g/mol. The summed E-state index contributed by atoms with van der Waals surface area (Å²) in [4.78, 5) is 33.0. The number of likely N-dealkylation sites (N-methyl/N-ethyl adjacent to an activating group) is 1. The van der Waals surface area contributed by atoms with E-state index in [2.05, 4.69) is 15.3 Å². The molecule has 126 valence electrons. The summed E-state index contributed by atoms with van der Waals surface area (Å²) < 4.78 is 4.93. The average Bonchev–Trinajstić information content (AvgIpc) is 2.60. The number of aromatic nitrogens is 2. The normalized spacial score (nSPS) is 10.1. The molecular formula is C16H17ClN4O3. The van der Waals surface area contributed by atoms with Crippen LogP contribution in [0.1, 0.15) is 5.56 Å². The Morgan fingerprint density at radius 1 is 1.21 bits per heavy atom. The smallest absolute Gasteiger partial charge is 0.326 e. The number of hydrogen-bond donors (Lipinski definition) is 1. The molecule has 8 heteroatoms. The molecule has 0 bridgehead atoms. The van der Waals surface area contributed by atoms with E-state index in [0.29, 0.717) is 17.5 Å². The first kappa shape index (κ1) is 17.7. The summed E-state index contributed by atoms with van der Waals surface area (Å²) in [5.41, 5.74) is 0.903. The van der Waals surface area contributed by atoms with Gasteiger partial charge in [0.2, 0.25) is 5.95 Å². The molecule has 0 aliphatic carbocycles. The molecule has 1 aromatic heterocycles. The molecule has 0 saturated heterocycles. The summed E-state index contributed by atoms with van der Waals surface area (Å²) in [7, 11) is 1.66. The summed E-state index contributed by atoms with van der Waals surface area (Å²) in [5.74, 6) is -0.509. The van der Waals surface area contributed by atoms with Gasteiger partial charge in [0.05, 0.1) is 0 Å². The highest BCUT2D eigenvalue weighted by Crippen LogP contribution is 2.09. The van der Waals surface area contributed by atoms with Crippen molar-refractivity contribution >= 4 is 29.4 Å². The van der Waals surface area contributed by atoms with Crippen LogP contribution in [0.2, 0.25) is 5.02 Å². The minimum Gasteiger partial charge on any atom is -0.454 e. The fourth-order valence-electron chi connectivity index (χ4n) is 1.80. The lowest BCUT2D eigenvalue weighted by atomic mass is 10.2. The maximum atomic E-state index is 11.7. The van der Waals surface area contributed by atoms with Crippen LogP contribution in [0.15, 0.2) is 42.7 Å². The fraction of sp³-hybridized carbons (Fsp3) is 0.250. The number of nitrogens with zero attached hydrogens (tertiary/aromatic N) is 3. The molecule has 0 unspecified atom stereocenters. The van der Waals surface area contributed by atoms with Gasteiger partial charge in [-0.05, 0) is 23.8 Å². The van der Waals surface area contributed by atoms with E-state index in [4.69, 9.17) is 16.3 Å². The molecule has 1 heterocycles. The Hall–Kier alpha value is -2.67. The van der Waals surface area contributed by atoms with Gasteiger partial charge < -0.3 is 15.0 Å². The van der Waals surface area contributed by atoms with Crippen LogP contribution in [0.5, 0.6) is 0 Å². The third kappa shape index (κ3) is 5.85. The Kier molecular flexibility index (Phi) is 6.51. The van der Waals surface area contributed by atoms with Crippen molar-refractivity contribution in [2.45, 2.75) is 6.54 Å². The molecule has 1 amide bonds. The first-order valence-electron chi connectivity index (χ1n) is 7.19. The monoisotopic (exact) mass is 348 g/mol. The second kappa shape index (κ2) is 8.83. The zero-order valence-electron chi connectivity index (χ0n) is 13.1. The van der Waals surface area contributed by atoms with Crippen LogP contribution in [-0.4, -0.2) is 42.0 Å². The first-order valence-corrected chi connectivity index (χ1v) is 7.57. The van der Waals surface area contributed by atoms with Gasteiger partial charge in [-0.25, -0.2) is 9.97 Å². The van der Waals surface area contributed by atoms with Crippen molar-refractivity contribution in [1.29, 1.82) is 0 Å². The summed E-state index contributed by atoms with van der Waals surface area (Å²) in [6.07, 6.45) is 3.16. The van der Waals surface area contributed by atoms with Crippen molar-refractivity contribution in [3.63, 3.8) is 0 Å². The maximum Gasteiger partial charge on any atom is 0.326 e. The van der Waals surface area contributed by atoms with Crippen LogP contribution < -0.4 is 10.2 Å². The van der Waals surface area contributed by atoms with E-state index >= 15 is 0 Å². The highest BCUT2D eigenvalue weighted by molar-refractivity contribution is 6.30. The third-order valence-electron chi connectivity index (χ3n) is 3.03. The number of nitrogens with one attached hydrogen (secondary N) is 1. The Morgan fingerprint density at radius 2 is 1.88 bits per heavy atom. The lowest BCUT2D eigenvalue weighted by Crippen LogP contribution is -2.32. The van der Waals surface area contributed by atoms with Crippen molar-refractivity contribution in [3.05, 3.63) is 53.3 Å². The number of hydrogen-bond acceptors (Lipinski definition) is 6. The van der Waals surface area contributed by atoms with Crippen molar-refractivity contribution < 1.29 is 14.3 Å². The van der Waals surface area contributed by atoms with Gasteiger partial charge in [-0.15, -0.1) is 0 Å². The van der Waals surface area contributed by atoms with E-state index in [9.17, 15) is 9.59 Å². The predicted octanol–water partition coefficient (Wildman–Crippen LogP) is 1.43. The van der Waals surface area contributed by atoms with E-state index in [-0.39, 0.29) is 19.1 Å². The van der Waals surface area contributed by atoms with Crippen LogP contribution in [0.4, 0.5) is 5.95 Å². The molecule has 0 saturated carbocycles. The van der Waals surface area contributed by atoms with Crippen molar-refractivity contribution in [2.24, 2.45) is 0 Å². The van der Waals surface area contributed by atoms with Crippen molar-refractivity contribution in [1.82, 2.24) is 15.3 Å². The van der Waals surface area contributed by atoms with E-state index < -0.39 is 5.97 Å². The lowest BCUT2D eigenvalue weighted by Gasteiger charge is -2.15. The number of amides is 1. The van der Waals surface area contributed by atoms with Gasteiger partial charge in [0, 0.05) is 31.0 Å². The Labute approximate surface area is 144 Å². The number of carbonyl (C=O) groups is 2. The number of esters is 1. The molecule has 0 radical (unpaired) electrons. The number of halogens is 1. The zero-order valence-corrected chi connectivity index (χ0v) is 13.9. The topological polar surface area (TPSA) is 84.4 Å². The second-order valence-electron chi connectivity index (χ2n) is 4.97. The molecule has 1 aromatic carbocycles. The van der Waals surface area contributed by atoms with E-state index in [1.165, 1.54) is 4.90 Å². The van der Waals surface area contributed by atoms with Gasteiger partial charge in [-0.3, -0.25) is 9.59 Å². The molecule has 2 aromatic rings. The van der Waals surface area contributed by atoms with E-state index in [1.54, 1.807) is 37.6 Å². The number of rotatable bonds is 7. The zero-order chi connectivity index (χ0) is 17.4. The molecule has 0 fully saturated rings. The summed E-state index contributed by atoms with van der Waals surface area (Å²) in [6.45, 7) is -0.0459. The molecule has 1 N–H and O–H groups in total. The summed E-state index contributed by atoms with van der Waals surface area (Å²) in [6, 6.07) is 8.78. The fourth-order valence-corrected chi connectivity index (χ4v) is 1.92. The Balaban J connectivity index is 1.69. The number of carbonyl (C=O) groups excluding carboxylic acids is 2. The molecule has 0 atom stereocenters. The highest BCUT2D eigenvalue weighted by Gasteiger charge is 2.12. The Bertz CT molecular complexity index is 679. The number of anilines is 1. The first-order chi connectivity index (χ1) is 11.5. The van der Waals surface area contributed by atoms with Gasteiger partial charge in [-0.1, -0.05) is 23.7 Å². The van der Waals surface area contributed by atoms with Crippen molar-refractivity contribution in [3.8, 4) is 0 Å². The molecule has 0 aliphatic rings. The lowest BCUT2D eigenvalue weighted by molar-refractivity contribution is -0.147. The number of benzene rings is 1. The second-order valence-corrected chi connectivity index (χ2v) is 5.41. The molecule has 0 aliphatic heterocycles. The SMILES string of the molecule is CN(CC(=O)OCC(=O)NCc1ccc(Cl)cc1)c1ncccn1. The molecule has 24 heavy (non-hydrogen) atoms. The van der Waals surface area contributed by atoms with Crippen LogP contribution in [0.3, 0.4) is 0 Å². The molecule has 7 nitrogen and oxygen atoms in total. The molecule has 2 rings (SSSR count). The van der Waals surface area contributed by atoms with Crippen LogP contribution in [0.25, 0.3) is 0 Å². The summed E-state index contributed by atoms with van der Waals surface area (Å²) in [5, 5.41) is 3.29. The van der Waals surface area contributed by atoms with Gasteiger partial charge in [0.25, 0.3) is 5.91 Å². The third-order valence-corrected chi connectivity index (χ3v) is 3.28. The van der Waals surface area contributed by atoms with E-state index in [0.717, 1.165) is 5.56 Å². The van der Waals surface area contributed by atoms with Gasteiger partial charge in [0.15, 0.2) is 6.61 Å². The Morgan fingerprint density at radius 3 is 2.54 bits per heavy atom. The number of ether oxygens (including phenoxy) is 1. The summed E-state index contributed by atoms with van der Waals surface area (Å²) >= 11 is 5.79. The van der Waals surface area contributed by atoms with Gasteiger partial charge in [-0.2, -0.15) is 0 Å². The minimum absolute atomic E-state index is 0.0471. The van der Waals surface area contributed by atoms with Crippen molar-refractivity contribution in [2.75, 3.05) is 25.1 Å². The average molecular weight is 349 g/mol. The molecule has 0 spiro atoms. The van der Waals surface area contributed by atoms with Gasteiger partial charge in [0.1, 0.15) is 6.54 Å². The quantitative estimate of drug-likeness (QED) is 0.762. The van der Waals surface area contributed by atoms with Gasteiger partial charge >= 0.3 is 5.97 Å². The largest absolute Gasteiger partial charge is 0.454 e. The van der Waals surface area contributed by atoms with Crippen LogP contribution >= 0.6 is 11.6 Å². The highest BCUT2D eigenvalue weighted by atomic mass is 35.5. The van der Waals surface area contributed by atoms with Crippen LogP contribution in [0, 0.1) is 0 Å². The standard InChI is InChI=1S/C16H17ClN4O3/c1-21(16-18-7-2-8-19-16)10-15(23)24-11-14(22)20-9-12-3-5-13(17)6-4-12/h2-8H,9-11H2,1H3,(H,20,22). The maximum absolute atomic E-state index is 11.7. The van der Waals surface area contributed by atoms with E-state index in [1.807, 2.05) is 12.1 Å². The van der Waals surface area contributed by atoms with Crippen LogP contribution in [-0.2, 0) is 20.9 Å².